The Morgan fingerprint density at radius 1 is 1.30 bits per heavy atom. The summed E-state index contributed by atoms with van der Waals surface area (Å²) in [5.41, 5.74) is 0.971. The number of aromatic nitrogens is 5. The molecule has 118 valence electrons. The lowest BCUT2D eigenvalue weighted by Crippen LogP contribution is -2.32. The minimum Gasteiger partial charge on any atom is -0.341 e. The van der Waals surface area contributed by atoms with Gasteiger partial charge in [-0.05, 0) is 23.2 Å². The first kappa shape index (κ1) is 15.2. The Labute approximate surface area is 137 Å². The van der Waals surface area contributed by atoms with Gasteiger partial charge in [-0.25, -0.2) is 4.68 Å². The zero-order valence-corrected chi connectivity index (χ0v) is 13.2. The molecule has 3 rings (SSSR count). The number of hydrogen-bond acceptors (Lipinski definition) is 4. The van der Waals surface area contributed by atoms with E-state index in [1.807, 2.05) is 42.6 Å². The number of aryl methyl sites for hydroxylation is 1. The fourth-order valence-corrected chi connectivity index (χ4v) is 2.32. The number of amides is 1. The van der Waals surface area contributed by atoms with Gasteiger partial charge in [-0.3, -0.25) is 9.48 Å². The standard InChI is InChI=1S/C15H15ClN6O/c1-21-15(16)19-13(20-21)14(23)18-12(10-22-9-5-8-17-22)11-6-3-2-4-7-11/h2-9,12H,10H2,1H3,(H,18,23). The van der Waals surface area contributed by atoms with Crippen LogP contribution in [-0.2, 0) is 13.6 Å². The molecular weight excluding hydrogens is 316 g/mol. The van der Waals surface area contributed by atoms with Crippen LogP contribution in [0.1, 0.15) is 22.2 Å². The number of nitrogens with zero attached hydrogens (tertiary/aromatic N) is 5. The van der Waals surface area contributed by atoms with Gasteiger partial charge in [-0.15, -0.1) is 5.10 Å². The second-order valence-corrected chi connectivity index (χ2v) is 5.33. The third-order valence-electron chi connectivity index (χ3n) is 3.35. The maximum atomic E-state index is 12.4. The fourth-order valence-electron chi connectivity index (χ4n) is 2.20. The van der Waals surface area contributed by atoms with Crippen LogP contribution in [0.4, 0.5) is 0 Å². The van der Waals surface area contributed by atoms with Gasteiger partial charge in [0.05, 0.1) is 12.6 Å². The average molecular weight is 331 g/mol. The van der Waals surface area contributed by atoms with Gasteiger partial charge in [0.2, 0.25) is 11.1 Å². The number of carbonyl (C=O) groups excluding carboxylic acids is 1. The van der Waals surface area contributed by atoms with E-state index in [9.17, 15) is 4.79 Å². The topological polar surface area (TPSA) is 77.6 Å². The lowest BCUT2D eigenvalue weighted by atomic mass is 10.1. The molecule has 0 spiro atoms. The first-order chi connectivity index (χ1) is 11.1. The van der Waals surface area contributed by atoms with Crippen molar-refractivity contribution in [1.29, 1.82) is 0 Å². The van der Waals surface area contributed by atoms with Crippen molar-refractivity contribution in [3.63, 3.8) is 0 Å². The molecule has 0 aliphatic heterocycles. The monoisotopic (exact) mass is 330 g/mol. The maximum absolute atomic E-state index is 12.4. The van der Waals surface area contributed by atoms with E-state index in [1.165, 1.54) is 4.68 Å². The number of benzene rings is 1. The number of carbonyl (C=O) groups is 1. The van der Waals surface area contributed by atoms with Crippen LogP contribution in [0.3, 0.4) is 0 Å². The molecule has 0 saturated carbocycles. The molecule has 0 radical (unpaired) electrons. The van der Waals surface area contributed by atoms with Gasteiger partial charge < -0.3 is 5.32 Å². The normalized spacial score (nSPS) is 12.1. The summed E-state index contributed by atoms with van der Waals surface area (Å²) in [4.78, 5) is 16.3. The zero-order valence-electron chi connectivity index (χ0n) is 12.4. The van der Waals surface area contributed by atoms with Crippen LogP contribution in [-0.4, -0.2) is 30.5 Å². The Bertz CT molecular complexity index is 764. The summed E-state index contributed by atoms with van der Waals surface area (Å²) in [6.45, 7) is 0.503. The highest BCUT2D eigenvalue weighted by Crippen LogP contribution is 2.15. The molecule has 2 aromatic heterocycles. The van der Waals surface area contributed by atoms with E-state index in [4.69, 9.17) is 11.6 Å². The second kappa shape index (κ2) is 6.62. The molecule has 0 aliphatic carbocycles. The van der Waals surface area contributed by atoms with Crippen molar-refractivity contribution in [2.24, 2.45) is 7.05 Å². The van der Waals surface area contributed by atoms with Crippen molar-refractivity contribution in [1.82, 2.24) is 29.9 Å². The highest BCUT2D eigenvalue weighted by Gasteiger charge is 2.20. The van der Waals surface area contributed by atoms with Crippen molar-refractivity contribution >= 4 is 17.5 Å². The SMILES string of the molecule is Cn1nc(C(=O)NC(Cn2cccn2)c2ccccc2)nc1Cl. The smallest absolute Gasteiger partial charge is 0.291 e. The molecule has 1 aromatic carbocycles. The molecule has 1 atom stereocenters. The predicted octanol–water partition coefficient (Wildman–Crippen LogP) is 1.84. The number of halogens is 1. The van der Waals surface area contributed by atoms with Gasteiger partial charge in [0, 0.05) is 19.4 Å². The molecule has 3 aromatic rings. The molecular formula is C15H15ClN6O. The van der Waals surface area contributed by atoms with Crippen LogP contribution in [0.2, 0.25) is 5.28 Å². The Hall–Kier alpha value is -2.67. The van der Waals surface area contributed by atoms with E-state index < -0.39 is 0 Å². The molecule has 23 heavy (non-hydrogen) atoms. The summed E-state index contributed by atoms with van der Waals surface area (Å²) in [7, 11) is 1.63. The summed E-state index contributed by atoms with van der Waals surface area (Å²) in [5, 5.41) is 11.3. The summed E-state index contributed by atoms with van der Waals surface area (Å²) in [6, 6.07) is 11.3. The summed E-state index contributed by atoms with van der Waals surface area (Å²) >= 11 is 5.84. The van der Waals surface area contributed by atoms with Crippen molar-refractivity contribution < 1.29 is 4.79 Å². The van der Waals surface area contributed by atoms with E-state index in [-0.39, 0.29) is 23.1 Å². The van der Waals surface area contributed by atoms with E-state index in [2.05, 4.69) is 20.5 Å². The lowest BCUT2D eigenvalue weighted by Gasteiger charge is -2.18. The first-order valence-electron chi connectivity index (χ1n) is 7.03. The van der Waals surface area contributed by atoms with Crippen molar-refractivity contribution in [3.8, 4) is 0 Å². The molecule has 0 aliphatic rings. The van der Waals surface area contributed by atoms with Crippen LogP contribution >= 0.6 is 11.6 Å². The van der Waals surface area contributed by atoms with Gasteiger partial charge in [-0.1, -0.05) is 30.3 Å². The average Bonchev–Trinajstić information content (AvgIpc) is 3.18. The lowest BCUT2D eigenvalue weighted by molar-refractivity contribution is 0.0921. The molecule has 0 bridgehead atoms. The number of hydrogen-bond donors (Lipinski definition) is 1. The Balaban J connectivity index is 1.82. The van der Waals surface area contributed by atoms with Gasteiger partial charge >= 0.3 is 0 Å². The zero-order chi connectivity index (χ0) is 16.2. The number of rotatable bonds is 5. The minimum atomic E-state index is -0.381. The molecule has 8 heteroatoms. The Kier molecular flexibility index (Phi) is 4.38. The quantitative estimate of drug-likeness (QED) is 0.774. The molecule has 1 N–H and O–H groups in total. The Morgan fingerprint density at radius 3 is 2.70 bits per heavy atom. The van der Waals surface area contributed by atoms with E-state index in [0.29, 0.717) is 6.54 Å². The van der Waals surface area contributed by atoms with E-state index in [1.54, 1.807) is 17.9 Å². The van der Waals surface area contributed by atoms with Crippen LogP contribution in [0.5, 0.6) is 0 Å². The van der Waals surface area contributed by atoms with Crippen LogP contribution in [0.25, 0.3) is 0 Å². The van der Waals surface area contributed by atoms with Gasteiger partial charge in [0.15, 0.2) is 0 Å². The minimum absolute atomic E-state index is 0.0406. The molecule has 1 amide bonds. The third-order valence-corrected chi connectivity index (χ3v) is 3.68. The highest BCUT2D eigenvalue weighted by atomic mass is 35.5. The summed E-state index contributed by atoms with van der Waals surface area (Å²) in [5.74, 6) is -0.340. The Morgan fingerprint density at radius 2 is 2.09 bits per heavy atom. The van der Waals surface area contributed by atoms with Crippen LogP contribution < -0.4 is 5.32 Å². The molecule has 0 saturated heterocycles. The first-order valence-corrected chi connectivity index (χ1v) is 7.41. The summed E-state index contributed by atoms with van der Waals surface area (Å²) < 4.78 is 3.11. The predicted molar refractivity (Wildman–Crippen MR) is 84.9 cm³/mol. The maximum Gasteiger partial charge on any atom is 0.291 e. The molecule has 1 unspecified atom stereocenters. The molecule has 2 heterocycles. The largest absolute Gasteiger partial charge is 0.341 e. The van der Waals surface area contributed by atoms with E-state index >= 15 is 0 Å². The fraction of sp³-hybridized carbons (Fsp3) is 0.200. The molecule has 7 nitrogen and oxygen atoms in total. The van der Waals surface area contributed by atoms with E-state index in [0.717, 1.165) is 5.56 Å². The highest BCUT2D eigenvalue weighted by molar-refractivity contribution is 6.28. The third kappa shape index (κ3) is 3.57. The van der Waals surface area contributed by atoms with Gasteiger partial charge in [-0.2, -0.15) is 10.1 Å². The van der Waals surface area contributed by atoms with Crippen LogP contribution in [0.15, 0.2) is 48.8 Å². The number of nitrogens with one attached hydrogen (secondary N) is 1. The second-order valence-electron chi connectivity index (χ2n) is 4.99. The molecule has 0 fully saturated rings. The van der Waals surface area contributed by atoms with Crippen molar-refractivity contribution in [2.45, 2.75) is 12.6 Å². The van der Waals surface area contributed by atoms with Crippen molar-refractivity contribution in [2.75, 3.05) is 0 Å². The van der Waals surface area contributed by atoms with Crippen molar-refractivity contribution in [3.05, 3.63) is 65.5 Å². The van der Waals surface area contributed by atoms with Crippen LogP contribution in [0, 0.1) is 0 Å². The van der Waals surface area contributed by atoms with Gasteiger partial charge in [0.1, 0.15) is 0 Å². The summed E-state index contributed by atoms with van der Waals surface area (Å²) in [6.07, 6.45) is 3.54. The van der Waals surface area contributed by atoms with Gasteiger partial charge in [0.25, 0.3) is 5.91 Å².